The number of benzene rings is 1. The fraction of sp³-hybridized carbons (Fsp3) is 0.176. The Morgan fingerprint density at radius 2 is 1.96 bits per heavy atom. The lowest BCUT2D eigenvalue weighted by Gasteiger charge is -2.04. The third kappa shape index (κ3) is 3.05. The normalized spacial score (nSPS) is 11.4. The summed E-state index contributed by atoms with van der Waals surface area (Å²) in [5.41, 5.74) is 5.42. The Labute approximate surface area is 137 Å². The first kappa shape index (κ1) is 15.9. The Bertz CT molecular complexity index is 911. The van der Waals surface area contributed by atoms with E-state index in [1.807, 2.05) is 37.5 Å². The Kier molecular flexibility index (Phi) is 4.16. The zero-order chi connectivity index (χ0) is 17.3. The molecule has 5 nitrogen and oxygen atoms in total. The fourth-order valence-electron chi connectivity index (χ4n) is 2.48. The van der Waals surface area contributed by atoms with Gasteiger partial charge in [0.2, 0.25) is 0 Å². The van der Waals surface area contributed by atoms with Gasteiger partial charge in [0.1, 0.15) is 11.6 Å². The lowest BCUT2D eigenvalue weighted by molar-refractivity contribution is 0.394. The number of aryl methyl sites for hydroxylation is 2. The van der Waals surface area contributed by atoms with Gasteiger partial charge >= 0.3 is 0 Å². The maximum absolute atomic E-state index is 13.5. The van der Waals surface area contributed by atoms with E-state index in [1.54, 1.807) is 6.21 Å². The molecular formula is C17H16F2N4O. The summed E-state index contributed by atoms with van der Waals surface area (Å²) in [4.78, 5) is 0. The third-order valence-electron chi connectivity index (χ3n) is 3.63. The van der Waals surface area contributed by atoms with Crippen LogP contribution in [0, 0.1) is 32.4 Å². The second kappa shape index (κ2) is 6.27. The molecule has 0 amide bonds. The molecule has 0 saturated carbocycles. The summed E-state index contributed by atoms with van der Waals surface area (Å²) >= 11 is 0. The number of rotatable bonds is 4. The number of hydrazone groups is 1. The average molecular weight is 330 g/mol. The molecule has 124 valence electrons. The molecule has 1 N–H and O–H groups in total. The molecule has 3 rings (SSSR count). The zero-order valence-corrected chi connectivity index (χ0v) is 13.5. The SMILES string of the molecule is Cc1cc(-n2c(C)cc(/C=N\Nc3ccc(F)cc3F)c2C)no1. The second-order valence-corrected chi connectivity index (χ2v) is 5.45. The highest BCUT2D eigenvalue weighted by Gasteiger charge is 2.12. The summed E-state index contributed by atoms with van der Waals surface area (Å²) in [6, 6.07) is 7.04. The van der Waals surface area contributed by atoms with Crippen molar-refractivity contribution < 1.29 is 13.3 Å². The van der Waals surface area contributed by atoms with Crippen LogP contribution < -0.4 is 5.43 Å². The van der Waals surface area contributed by atoms with Crippen molar-refractivity contribution in [3.8, 4) is 5.82 Å². The van der Waals surface area contributed by atoms with Crippen molar-refractivity contribution in [3.63, 3.8) is 0 Å². The van der Waals surface area contributed by atoms with Gasteiger partial charge in [-0.25, -0.2) is 8.78 Å². The molecule has 0 aliphatic rings. The van der Waals surface area contributed by atoms with Crippen LogP contribution >= 0.6 is 0 Å². The molecule has 0 spiro atoms. The van der Waals surface area contributed by atoms with Gasteiger partial charge in [0, 0.05) is 29.1 Å². The topological polar surface area (TPSA) is 55.4 Å². The predicted molar refractivity (Wildman–Crippen MR) is 87.6 cm³/mol. The molecule has 0 atom stereocenters. The molecule has 7 heteroatoms. The van der Waals surface area contributed by atoms with E-state index in [0.717, 1.165) is 28.8 Å². The first-order chi connectivity index (χ1) is 11.5. The maximum Gasteiger partial charge on any atom is 0.180 e. The van der Waals surface area contributed by atoms with E-state index < -0.39 is 11.6 Å². The van der Waals surface area contributed by atoms with E-state index in [2.05, 4.69) is 15.7 Å². The molecule has 1 aromatic carbocycles. The van der Waals surface area contributed by atoms with Crippen molar-refractivity contribution in [1.82, 2.24) is 9.72 Å². The van der Waals surface area contributed by atoms with Gasteiger partial charge in [-0.3, -0.25) is 9.99 Å². The van der Waals surface area contributed by atoms with Gasteiger partial charge < -0.3 is 4.52 Å². The van der Waals surface area contributed by atoms with Crippen molar-refractivity contribution in [1.29, 1.82) is 0 Å². The van der Waals surface area contributed by atoms with Gasteiger partial charge in [-0.2, -0.15) is 5.10 Å². The van der Waals surface area contributed by atoms with E-state index in [0.29, 0.717) is 5.82 Å². The molecule has 0 aliphatic carbocycles. The molecule has 0 bridgehead atoms. The van der Waals surface area contributed by atoms with Crippen LogP contribution in [0.5, 0.6) is 0 Å². The molecule has 3 aromatic rings. The molecular weight excluding hydrogens is 314 g/mol. The molecule has 24 heavy (non-hydrogen) atoms. The average Bonchev–Trinajstić information content (AvgIpc) is 3.05. The van der Waals surface area contributed by atoms with Gasteiger partial charge in [-0.15, -0.1) is 0 Å². The van der Waals surface area contributed by atoms with Crippen molar-refractivity contribution in [2.45, 2.75) is 20.8 Å². The van der Waals surface area contributed by atoms with Crippen molar-refractivity contribution in [3.05, 3.63) is 64.7 Å². The van der Waals surface area contributed by atoms with Crippen LogP contribution in [0.3, 0.4) is 0 Å². The number of aromatic nitrogens is 2. The minimum Gasteiger partial charge on any atom is -0.360 e. The molecule has 0 unspecified atom stereocenters. The number of halogens is 2. The highest BCUT2D eigenvalue weighted by atomic mass is 19.1. The van der Waals surface area contributed by atoms with Gasteiger partial charge in [0.05, 0.1) is 11.9 Å². The summed E-state index contributed by atoms with van der Waals surface area (Å²) in [6.45, 7) is 5.70. The second-order valence-electron chi connectivity index (χ2n) is 5.45. The van der Waals surface area contributed by atoms with Crippen molar-refractivity contribution >= 4 is 11.9 Å². The van der Waals surface area contributed by atoms with E-state index in [1.165, 1.54) is 12.1 Å². The lowest BCUT2D eigenvalue weighted by atomic mass is 10.3. The van der Waals surface area contributed by atoms with Gasteiger partial charge in [0.25, 0.3) is 0 Å². The molecule has 0 saturated heterocycles. The number of hydrogen-bond acceptors (Lipinski definition) is 4. The zero-order valence-electron chi connectivity index (χ0n) is 13.5. The van der Waals surface area contributed by atoms with Crippen LogP contribution in [-0.2, 0) is 0 Å². The molecule has 0 aliphatic heterocycles. The first-order valence-electron chi connectivity index (χ1n) is 7.32. The van der Waals surface area contributed by atoms with E-state index >= 15 is 0 Å². The minimum atomic E-state index is -0.698. The Hall–Kier alpha value is -2.96. The van der Waals surface area contributed by atoms with Crippen LogP contribution in [0.4, 0.5) is 14.5 Å². The molecule has 0 radical (unpaired) electrons. The van der Waals surface area contributed by atoms with Crippen LogP contribution in [0.2, 0.25) is 0 Å². The highest BCUT2D eigenvalue weighted by Crippen LogP contribution is 2.20. The molecule has 2 heterocycles. The lowest BCUT2D eigenvalue weighted by Crippen LogP contribution is -2.00. The predicted octanol–water partition coefficient (Wildman–Crippen LogP) is 4.11. The Morgan fingerprint density at radius 3 is 2.62 bits per heavy atom. The monoisotopic (exact) mass is 330 g/mol. The first-order valence-corrected chi connectivity index (χ1v) is 7.32. The van der Waals surface area contributed by atoms with Crippen LogP contribution in [-0.4, -0.2) is 15.9 Å². The Morgan fingerprint density at radius 1 is 1.17 bits per heavy atom. The minimum absolute atomic E-state index is 0.105. The summed E-state index contributed by atoms with van der Waals surface area (Å²) in [5, 5.41) is 8.03. The van der Waals surface area contributed by atoms with Gasteiger partial charge in [-0.1, -0.05) is 5.16 Å². The molecule has 2 aromatic heterocycles. The van der Waals surface area contributed by atoms with Gasteiger partial charge in [0.15, 0.2) is 11.6 Å². The Balaban J connectivity index is 1.83. The third-order valence-corrected chi connectivity index (χ3v) is 3.63. The van der Waals surface area contributed by atoms with Crippen LogP contribution in [0.25, 0.3) is 5.82 Å². The van der Waals surface area contributed by atoms with E-state index in [9.17, 15) is 8.78 Å². The smallest absolute Gasteiger partial charge is 0.180 e. The summed E-state index contributed by atoms with van der Waals surface area (Å²) < 4.78 is 33.5. The highest BCUT2D eigenvalue weighted by molar-refractivity contribution is 5.82. The maximum atomic E-state index is 13.5. The van der Waals surface area contributed by atoms with Gasteiger partial charge in [-0.05, 0) is 39.0 Å². The summed E-state index contributed by atoms with van der Waals surface area (Å²) in [6.07, 6.45) is 1.58. The fourth-order valence-corrected chi connectivity index (χ4v) is 2.48. The number of anilines is 1. The quantitative estimate of drug-likeness (QED) is 0.578. The standard InChI is InChI=1S/C17H16F2N4O/c1-10-6-13(12(3)23(10)17-7-11(2)24-22-17)9-20-21-16-5-4-14(18)8-15(16)19/h4-9,21H,1-3H3/b20-9-. The number of hydrogen-bond donors (Lipinski definition) is 1. The van der Waals surface area contributed by atoms with E-state index in [-0.39, 0.29) is 5.69 Å². The molecule has 0 fully saturated rings. The summed E-state index contributed by atoms with van der Waals surface area (Å²) in [5.74, 6) is 0.0880. The van der Waals surface area contributed by atoms with E-state index in [4.69, 9.17) is 4.52 Å². The largest absolute Gasteiger partial charge is 0.360 e. The number of nitrogens with zero attached hydrogens (tertiary/aromatic N) is 3. The number of nitrogens with one attached hydrogen (secondary N) is 1. The van der Waals surface area contributed by atoms with Crippen molar-refractivity contribution in [2.24, 2.45) is 5.10 Å². The summed E-state index contributed by atoms with van der Waals surface area (Å²) in [7, 11) is 0. The van der Waals surface area contributed by atoms with Crippen LogP contribution in [0.1, 0.15) is 22.7 Å². The van der Waals surface area contributed by atoms with Crippen molar-refractivity contribution in [2.75, 3.05) is 5.43 Å². The van der Waals surface area contributed by atoms with Crippen LogP contribution in [0.15, 0.2) is 40.0 Å².